The van der Waals surface area contributed by atoms with Crippen molar-refractivity contribution in [1.82, 2.24) is 24.4 Å². The summed E-state index contributed by atoms with van der Waals surface area (Å²) in [5.41, 5.74) is 3.61. The minimum Gasteiger partial charge on any atom is -0.348 e. The third-order valence-corrected chi connectivity index (χ3v) is 5.36. The first-order chi connectivity index (χ1) is 15.1. The van der Waals surface area contributed by atoms with Gasteiger partial charge < -0.3 is 9.88 Å². The second-order valence-corrected chi connectivity index (χ2v) is 7.28. The molecular weight excluding hydrogens is 390 g/mol. The van der Waals surface area contributed by atoms with Gasteiger partial charge in [-0.25, -0.2) is 9.97 Å². The van der Waals surface area contributed by atoms with E-state index in [0.717, 1.165) is 33.3 Å². The van der Waals surface area contributed by atoms with Gasteiger partial charge in [-0.15, -0.1) is 0 Å². The fourth-order valence-corrected chi connectivity index (χ4v) is 3.68. The monoisotopic (exact) mass is 409 g/mol. The first kappa shape index (κ1) is 18.7. The van der Waals surface area contributed by atoms with Gasteiger partial charge in [-0.1, -0.05) is 36.4 Å². The number of fused-ring (bicyclic) bond motifs is 2. The zero-order chi connectivity index (χ0) is 21.4. The van der Waals surface area contributed by atoms with Crippen LogP contribution in [0.2, 0.25) is 0 Å². The number of carbonyl (C=O) groups is 1. The smallest absolute Gasteiger partial charge is 0.252 e. The fourth-order valence-electron chi connectivity index (χ4n) is 3.68. The molecule has 0 aliphatic carbocycles. The summed E-state index contributed by atoms with van der Waals surface area (Å²) in [5.74, 6) is 0.458. The molecule has 1 N–H and O–H groups in total. The highest BCUT2D eigenvalue weighted by molar-refractivity contribution is 6.06. The molecule has 0 fully saturated rings. The maximum Gasteiger partial charge on any atom is 0.252 e. The standard InChI is InChI=1S/C24H19N5O2/c1-28-20-8-4-2-6-17(20)18(12-23(28)30)24(31)26-14-16-10-11-22(25-13-16)29-15-27-19-7-3-5-9-21(19)29/h2-13,15H,14H2,1H3,(H,26,31). The van der Waals surface area contributed by atoms with Crippen molar-refractivity contribution in [2.24, 2.45) is 7.05 Å². The molecule has 0 unspecified atom stereocenters. The zero-order valence-electron chi connectivity index (χ0n) is 16.8. The van der Waals surface area contributed by atoms with E-state index in [0.29, 0.717) is 12.1 Å². The van der Waals surface area contributed by atoms with Gasteiger partial charge in [0.2, 0.25) is 0 Å². The number of para-hydroxylation sites is 3. The lowest BCUT2D eigenvalue weighted by molar-refractivity contribution is 0.0952. The second-order valence-electron chi connectivity index (χ2n) is 7.28. The predicted molar refractivity (Wildman–Crippen MR) is 119 cm³/mol. The van der Waals surface area contributed by atoms with Crippen molar-refractivity contribution in [2.75, 3.05) is 0 Å². The molecule has 0 saturated carbocycles. The number of pyridine rings is 2. The van der Waals surface area contributed by atoms with Crippen molar-refractivity contribution in [3.63, 3.8) is 0 Å². The third-order valence-electron chi connectivity index (χ3n) is 5.36. The Kier molecular flexibility index (Phi) is 4.55. The molecule has 0 atom stereocenters. The molecule has 0 bridgehead atoms. The molecule has 1 amide bonds. The highest BCUT2D eigenvalue weighted by Gasteiger charge is 2.13. The van der Waals surface area contributed by atoms with Gasteiger partial charge in [-0.2, -0.15) is 0 Å². The number of imidazole rings is 1. The lowest BCUT2D eigenvalue weighted by Crippen LogP contribution is -2.26. The Labute approximate surface area is 177 Å². The van der Waals surface area contributed by atoms with Crippen LogP contribution < -0.4 is 10.9 Å². The van der Waals surface area contributed by atoms with Gasteiger partial charge in [0.15, 0.2) is 0 Å². The van der Waals surface area contributed by atoms with E-state index >= 15 is 0 Å². The molecule has 152 valence electrons. The molecule has 0 saturated heterocycles. The quantitative estimate of drug-likeness (QED) is 0.494. The summed E-state index contributed by atoms with van der Waals surface area (Å²) in [6.45, 7) is 0.306. The molecule has 2 aromatic carbocycles. The molecule has 5 aromatic rings. The summed E-state index contributed by atoms with van der Waals surface area (Å²) in [4.78, 5) is 33.9. The molecule has 0 spiro atoms. The molecule has 7 heteroatoms. The Balaban J connectivity index is 1.36. The number of carbonyl (C=O) groups excluding carboxylic acids is 1. The molecule has 0 radical (unpaired) electrons. The fraction of sp³-hybridized carbons (Fsp3) is 0.0833. The van der Waals surface area contributed by atoms with Crippen LogP contribution in [0.3, 0.4) is 0 Å². The van der Waals surface area contributed by atoms with Crippen LogP contribution in [-0.2, 0) is 13.6 Å². The van der Waals surface area contributed by atoms with E-state index in [1.165, 1.54) is 10.6 Å². The summed E-state index contributed by atoms with van der Waals surface area (Å²) in [6, 6.07) is 20.4. The lowest BCUT2D eigenvalue weighted by atomic mass is 10.1. The SMILES string of the molecule is Cn1c(=O)cc(C(=O)NCc2ccc(-n3cnc4ccccc43)nc2)c2ccccc21. The minimum atomic E-state index is -0.293. The van der Waals surface area contributed by atoms with Gasteiger partial charge in [0.05, 0.1) is 22.1 Å². The molecule has 3 heterocycles. The van der Waals surface area contributed by atoms with E-state index in [1.54, 1.807) is 19.6 Å². The highest BCUT2D eigenvalue weighted by Crippen LogP contribution is 2.18. The number of amides is 1. The van der Waals surface area contributed by atoms with Crippen LogP contribution in [0.1, 0.15) is 15.9 Å². The summed E-state index contributed by atoms with van der Waals surface area (Å²) >= 11 is 0. The molecule has 5 rings (SSSR count). The average Bonchev–Trinajstić information content (AvgIpc) is 3.24. The summed E-state index contributed by atoms with van der Waals surface area (Å²) < 4.78 is 3.46. The van der Waals surface area contributed by atoms with Crippen LogP contribution in [0.5, 0.6) is 0 Å². The van der Waals surface area contributed by atoms with Crippen LogP contribution >= 0.6 is 0 Å². The van der Waals surface area contributed by atoms with Crippen molar-refractivity contribution >= 4 is 27.8 Å². The van der Waals surface area contributed by atoms with Crippen molar-refractivity contribution < 1.29 is 4.79 Å². The van der Waals surface area contributed by atoms with Crippen LogP contribution in [0.4, 0.5) is 0 Å². The Morgan fingerprint density at radius 2 is 1.74 bits per heavy atom. The molecule has 31 heavy (non-hydrogen) atoms. The molecule has 7 nitrogen and oxygen atoms in total. The summed E-state index contributed by atoms with van der Waals surface area (Å²) in [6.07, 6.45) is 3.47. The molecule has 0 aliphatic heterocycles. The number of aryl methyl sites for hydroxylation is 1. The first-order valence-corrected chi connectivity index (χ1v) is 9.86. The summed E-state index contributed by atoms with van der Waals surface area (Å²) in [5, 5.41) is 3.63. The third kappa shape index (κ3) is 3.36. The number of aromatic nitrogens is 4. The van der Waals surface area contributed by atoms with Crippen LogP contribution in [0, 0.1) is 0 Å². The van der Waals surface area contributed by atoms with Gasteiger partial charge in [-0.3, -0.25) is 14.2 Å². The van der Waals surface area contributed by atoms with Crippen molar-refractivity contribution in [2.45, 2.75) is 6.54 Å². The van der Waals surface area contributed by atoms with Gasteiger partial charge in [0, 0.05) is 31.2 Å². The Hall–Kier alpha value is -4.26. The number of nitrogens with one attached hydrogen (secondary N) is 1. The second kappa shape index (κ2) is 7.53. The van der Waals surface area contributed by atoms with Gasteiger partial charge in [0.25, 0.3) is 11.5 Å². The van der Waals surface area contributed by atoms with Crippen LogP contribution in [0.25, 0.3) is 27.8 Å². The highest BCUT2D eigenvalue weighted by atomic mass is 16.2. The topological polar surface area (TPSA) is 81.8 Å². The summed E-state index contributed by atoms with van der Waals surface area (Å²) in [7, 11) is 1.70. The first-order valence-electron chi connectivity index (χ1n) is 9.86. The van der Waals surface area contributed by atoms with E-state index in [2.05, 4.69) is 15.3 Å². The van der Waals surface area contributed by atoms with E-state index in [1.807, 2.05) is 65.2 Å². The number of hydrogen-bond donors (Lipinski definition) is 1. The van der Waals surface area contributed by atoms with E-state index in [4.69, 9.17) is 0 Å². The number of hydrogen-bond acceptors (Lipinski definition) is 4. The number of rotatable bonds is 4. The van der Waals surface area contributed by atoms with Gasteiger partial charge >= 0.3 is 0 Å². The number of nitrogens with zero attached hydrogens (tertiary/aromatic N) is 4. The maximum absolute atomic E-state index is 12.8. The zero-order valence-corrected chi connectivity index (χ0v) is 16.8. The van der Waals surface area contributed by atoms with E-state index in [9.17, 15) is 9.59 Å². The average molecular weight is 409 g/mol. The van der Waals surface area contributed by atoms with Gasteiger partial charge in [0.1, 0.15) is 12.1 Å². The number of benzene rings is 2. The molecular formula is C24H19N5O2. The molecule has 0 aliphatic rings. The van der Waals surface area contributed by atoms with Gasteiger partial charge in [-0.05, 0) is 29.8 Å². The van der Waals surface area contributed by atoms with E-state index < -0.39 is 0 Å². The van der Waals surface area contributed by atoms with Crippen molar-refractivity contribution in [3.8, 4) is 5.82 Å². The maximum atomic E-state index is 12.8. The largest absolute Gasteiger partial charge is 0.348 e. The van der Waals surface area contributed by atoms with Crippen LogP contribution in [-0.4, -0.2) is 25.0 Å². The molecule has 3 aromatic heterocycles. The lowest BCUT2D eigenvalue weighted by Gasteiger charge is -2.11. The normalized spacial score (nSPS) is 11.1. The van der Waals surface area contributed by atoms with E-state index in [-0.39, 0.29) is 11.5 Å². The predicted octanol–water partition coefficient (Wildman–Crippen LogP) is 3.20. The van der Waals surface area contributed by atoms with Crippen LogP contribution in [0.15, 0.2) is 84.0 Å². The Bertz CT molecular complexity index is 1480. The Morgan fingerprint density at radius 1 is 0.968 bits per heavy atom. The minimum absolute atomic E-state index is 0.220. The van der Waals surface area contributed by atoms with Crippen molar-refractivity contribution in [1.29, 1.82) is 0 Å². The Morgan fingerprint density at radius 3 is 2.55 bits per heavy atom. The van der Waals surface area contributed by atoms with Crippen molar-refractivity contribution in [3.05, 3.63) is 101 Å².